The second kappa shape index (κ2) is 5.58. The van der Waals surface area contributed by atoms with Crippen LogP contribution in [-0.2, 0) is 0 Å². The lowest BCUT2D eigenvalue weighted by molar-refractivity contribution is 0.0731. The van der Waals surface area contributed by atoms with Gasteiger partial charge in [-0.15, -0.1) is 11.3 Å². The maximum atomic E-state index is 12.3. The van der Waals surface area contributed by atoms with Crippen molar-refractivity contribution < 1.29 is 9.32 Å². The van der Waals surface area contributed by atoms with E-state index in [4.69, 9.17) is 4.52 Å². The minimum absolute atomic E-state index is 0.124. The van der Waals surface area contributed by atoms with Gasteiger partial charge in [0.2, 0.25) is 5.89 Å². The molecule has 118 valence electrons. The third-order valence-corrected chi connectivity index (χ3v) is 4.71. The Balaban J connectivity index is 1.49. The molecule has 4 heterocycles. The van der Waals surface area contributed by atoms with Crippen molar-refractivity contribution >= 4 is 33.3 Å². The van der Waals surface area contributed by atoms with E-state index in [-0.39, 0.29) is 11.7 Å². The number of nitrogens with zero attached hydrogens (tertiary/aromatic N) is 6. The smallest absolute Gasteiger partial charge is 0.295 e. The van der Waals surface area contributed by atoms with Crippen molar-refractivity contribution in [1.29, 1.82) is 0 Å². The molecular formula is C14H14N6O2S. The average Bonchev–Trinajstić information content (AvgIpc) is 3.22. The van der Waals surface area contributed by atoms with E-state index >= 15 is 0 Å². The molecule has 8 nitrogen and oxygen atoms in total. The molecule has 1 saturated heterocycles. The predicted octanol–water partition coefficient (Wildman–Crippen LogP) is 1.35. The summed E-state index contributed by atoms with van der Waals surface area (Å²) >= 11 is 1.63. The summed E-state index contributed by atoms with van der Waals surface area (Å²) < 4.78 is 5.96. The highest BCUT2D eigenvalue weighted by atomic mass is 32.1. The van der Waals surface area contributed by atoms with Gasteiger partial charge < -0.3 is 14.3 Å². The van der Waals surface area contributed by atoms with Gasteiger partial charge in [0.1, 0.15) is 12.1 Å². The van der Waals surface area contributed by atoms with Crippen LogP contribution in [0.1, 0.15) is 16.5 Å². The van der Waals surface area contributed by atoms with Gasteiger partial charge in [0, 0.05) is 33.1 Å². The Morgan fingerprint density at radius 3 is 2.83 bits per heavy atom. The number of hydrogen-bond donors (Lipinski definition) is 0. The van der Waals surface area contributed by atoms with Crippen LogP contribution < -0.4 is 4.90 Å². The van der Waals surface area contributed by atoms with Crippen LogP contribution in [0.5, 0.6) is 0 Å². The fourth-order valence-corrected chi connectivity index (χ4v) is 3.51. The van der Waals surface area contributed by atoms with Gasteiger partial charge >= 0.3 is 0 Å². The molecule has 9 heteroatoms. The molecule has 4 rings (SSSR count). The number of thiophene rings is 1. The summed E-state index contributed by atoms with van der Waals surface area (Å²) in [5.41, 5.74) is 0.959. The van der Waals surface area contributed by atoms with Crippen LogP contribution in [0, 0.1) is 6.92 Å². The molecule has 3 aromatic heterocycles. The first kappa shape index (κ1) is 14.1. The lowest BCUT2D eigenvalue weighted by Gasteiger charge is -2.34. The highest BCUT2D eigenvalue weighted by molar-refractivity contribution is 7.17. The second-order valence-corrected chi connectivity index (χ2v) is 6.16. The zero-order chi connectivity index (χ0) is 15.8. The SMILES string of the molecule is Cc1nc(C(=O)N2CCN(c3ncnc4ccsc34)CC2)no1. The molecule has 1 amide bonds. The van der Waals surface area contributed by atoms with Crippen LogP contribution in [0.3, 0.4) is 0 Å². The van der Waals surface area contributed by atoms with Crippen molar-refractivity contribution in [3.8, 4) is 0 Å². The number of carbonyl (C=O) groups is 1. The third-order valence-electron chi connectivity index (χ3n) is 3.81. The van der Waals surface area contributed by atoms with E-state index in [2.05, 4.69) is 25.0 Å². The molecule has 1 aliphatic heterocycles. The van der Waals surface area contributed by atoms with Gasteiger partial charge in [-0.05, 0) is 11.4 Å². The van der Waals surface area contributed by atoms with E-state index in [1.807, 2.05) is 11.4 Å². The van der Waals surface area contributed by atoms with E-state index < -0.39 is 0 Å². The zero-order valence-corrected chi connectivity index (χ0v) is 13.3. The normalized spacial score (nSPS) is 15.3. The Morgan fingerprint density at radius 1 is 1.26 bits per heavy atom. The second-order valence-electron chi connectivity index (χ2n) is 5.25. The molecule has 0 unspecified atom stereocenters. The number of piperazine rings is 1. The van der Waals surface area contributed by atoms with Crippen molar-refractivity contribution in [3.05, 3.63) is 29.5 Å². The minimum Gasteiger partial charge on any atom is -0.352 e. The number of amides is 1. The summed E-state index contributed by atoms with van der Waals surface area (Å²) in [4.78, 5) is 28.9. The van der Waals surface area contributed by atoms with E-state index in [0.717, 1.165) is 16.0 Å². The Hall–Kier alpha value is -2.55. The van der Waals surface area contributed by atoms with Gasteiger partial charge in [0.25, 0.3) is 11.7 Å². The Labute approximate surface area is 135 Å². The predicted molar refractivity (Wildman–Crippen MR) is 84.6 cm³/mol. The van der Waals surface area contributed by atoms with Crippen molar-refractivity contribution in [2.75, 3.05) is 31.1 Å². The van der Waals surface area contributed by atoms with Gasteiger partial charge in [0.15, 0.2) is 0 Å². The molecule has 0 bridgehead atoms. The molecule has 0 N–H and O–H groups in total. The van der Waals surface area contributed by atoms with Crippen LogP contribution in [0.25, 0.3) is 10.2 Å². The molecule has 0 radical (unpaired) electrons. The Kier molecular flexibility index (Phi) is 3.41. The molecule has 1 aliphatic rings. The third kappa shape index (κ3) is 2.52. The summed E-state index contributed by atoms with van der Waals surface area (Å²) in [7, 11) is 0. The minimum atomic E-state index is -0.189. The molecule has 0 atom stereocenters. The summed E-state index contributed by atoms with van der Waals surface area (Å²) in [5, 5.41) is 5.71. The number of aromatic nitrogens is 4. The topological polar surface area (TPSA) is 88.3 Å². The van der Waals surface area contributed by atoms with Crippen LogP contribution in [0.2, 0.25) is 0 Å². The number of carbonyl (C=O) groups excluding carboxylic acids is 1. The number of fused-ring (bicyclic) bond motifs is 1. The molecule has 0 spiro atoms. The van der Waals surface area contributed by atoms with Gasteiger partial charge in [0.05, 0.1) is 10.2 Å². The molecule has 0 aromatic carbocycles. The zero-order valence-electron chi connectivity index (χ0n) is 12.5. The molecule has 0 aliphatic carbocycles. The standard InChI is InChI=1S/C14H14N6O2S/c1-9-17-12(18-22-9)14(21)20-5-3-19(4-6-20)13-11-10(2-7-23-11)15-8-16-13/h2,7-8H,3-6H2,1H3. The Morgan fingerprint density at radius 2 is 2.09 bits per heavy atom. The van der Waals surface area contributed by atoms with Crippen molar-refractivity contribution in [2.24, 2.45) is 0 Å². The summed E-state index contributed by atoms with van der Waals surface area (Å²) in [6, 6.07) is 1.99. The van der Waals surface area contributed by atoms with E-state index in [1.165, 1.54) is 0 Å². The molecule has 1 fully saturated rings. The van der Waals surface area contributed by atoms with Crippen molar-refractivity contribution in [3.63, 3.8) is 0 Å². The fraction of sp³-hybridized carbons (Fsp3) is 0.357. The van der Waals surface area contributed by atoms with Gasteiger partial charge in [-0.1, -0.05) is 5.16 Å². The largest absolute Gasteiger partial charge is 0.352 e. The van der Waals surface area contributed by atoms with E-state index in [0.29, 0.717) is 32.1 Å². The fourth-order valence-electron chi connectivity index (χ4n) is 2.65. The van der Waals surface area contributed by atoms with E-state index in [9.17, 15) is 4.79 Å². The monoisotopic (exact) mass is 330 g/mol. The Bertz CT molecular complexity index is 852. The lowest BCUT2D eigenvalue weighted by atomic mass is 10.3. The highest BCUT2D eigenvalue weighted by Gasteiger charge is 2.26. The molecule has 0 saturated carbocycles. The van der Waals surface area contributed by atoms with Gasteiger partial charge in [-0.25, -0.2) is 9.97 Å². The molecule has 3 aromatic rings. The van der Waals surface area contributed by atoms with Crippen molar-refractivity contribution in [2.45, 2.75) is 6.92 Å². The van der Waals surface area contributed by atoms with Crippen LogP contribution in [0.4, 0.5) is 5.82 Å². The molecule has 23 heavy (non-hydrogen) atoms. The number of hydrogen-bond acceptors (Lipinski definition) is 8. The maximum absolute atomic E-state index is 12.3. The summed E-state index contributed by atoms with van der Waals surface area (Å²) in [6.07, 6.45) is 1.59. The highest BCUT2D eigenvalue weighted by Crippen LogP contribution is 2.28. The lowest BCUT2D eigenvalue weighted by Crippen LogP contribution is -2.49. The van der Waals surface area contributed by atoms with Crippen molar-refractivity contribution in [1.82, 2.24) is 25.0 Å². The molecular weight excluding hydrogens is 316 g/mol. The first-order valence-corrected chi connectivity index (χ1v) is 8.13. The average molecular weight is 330 g/mol. The quantitative estimate of drug-likeness (QED) is 0.700. The van der Waals surface area contributed by atoms with Crippen LogP contribution in [0.15, 0.2) is 22.3 Å². The van der Waals surface area contributed by atoms with Gasteiger partial charge in [-0.3, -0.25) is 4.79 Å². The first-order valence-electron chi connectivity index (χ1n) is 7.25. The summed E-state index contributed by atoms with van der Waals surface area (Å²) in [6.45, 7) is 4.30. The van der Waals surface area contributed by atoms with Crippen LogP contribution >= 0.6 is 11.3 Å². The maximum Gasteiger partial charge on any atom is 0.295 e. The van der Waals surface area contributed by atoms with E-state index in [1.54, 1.807) is 29.5 Å². The first-order chi connectivity index (χ1) is 11.2. The summed E-state index contributed by atoms with van der Waals surface area (Å²) in [5.74, 6) is 1.27. The number of anilines is 1. The number of rotatable bonds is 2. The van der Waals surface area contributed by atoms with Crippen LogP contribution in [-0.4, -0.2) is 57.1 Å². The number of aryl methyl sites for hydroxylation is 1. The van der Waals surface area contributed by atoms with Gasteiger partial charge in [-0.2, -0.15) is 4.98 Å².